The molecule has 3 aromatic rings. The zero-order valence-corrected chi connectivity index (χ0v) is 18.5. The molecule has 0 aliphatic carbocycles. The molecule has 0 amide bonds. The van der Waals surface area contributed by atoms with Crippen molar-refractivity contribution in [3.8, 4) is 0 Å². The molecule has 0 radical (unpaired) electrons. The second-order valence-corrected chi connectivity index (χ2v) is 8.70. The number of fused-ring (bicyclic) bond motifs is 1. The maximum atomic E-state index is 13.5. The summed E-state index contributed by atoms with van der Waals surface area (Å²) in [6, 6.07) is 28.8. The van der Waals surface area contributed by atoms with Crippen LogP contribution >= 0.6 is 0 Å². The van der Waals surface area contributed by atoms with E-state index in [4.69, 9.17) is 4.74 Å². The molecule has 0 saturated carbocycles. The van der Waals surface area contributed by atoms with Crippen LogP contribution in [0.3, 0.4) is 0 Å². The molecule has 5 nitrogen and oxygen atoms in total. The Labute approximate surface area is 194 Å². The van der Waals surface area contributed by atoms with Crippen molar-refractivity contribution in [3.63, 3.8) is 0 Å². The Hall–Kier alpha value is -3.28. The molecule has 2 fully saturated rings. The third-order valence-electron chi connectivity index (χ3n) is 6.66. The summed E-state index contributed by atoms with van der Waals surface area (Å²) in [6.45, 7) is 0.965. The van der Waals surface area contributed by atoms with Gasteiger partial charge < -0.3 is 10.1 Å². The van der Waals surface area contributed by atoms with Crippen LogP contribution in [0.4, 0.5) is 0 Å². The first-order chi connectivity index (χ1) is 16.2. The fourth-order valence-electron chi connectivity index (χ4n) is 5.13. The molecule has 2 saturated heterocycles. The molecule has 3 aromatic carbocycles. The number of Topliss-reactive ketones (excluding diaryl/α,β-unsaturated/α-hetero) is 1. The Balaban J connectivity index is 1.48. The molecule has 0 aromatic heterocycles. The van der Waals surface area contributed by atoms with Gasteiger partial charge in [-0.2, -0.15) is 0 Å². The van der Waals surface area contributed by atoms with Gasteiger partial charge in [0.05, 0.1) is 6.04 Å². The van der Waals surface area contributed by atoms with Gasteiger partial charge in [-0.05, 0) is 18.4 Å². The Morgan fingerprint density at radius 2 is 1.45 bits per heavy atom. The Kier molecular flexibility index (Phi) is 6.07. The molecule has 0 spiro atoms. The SMILES string of the molecule is O=C(CCCc1ccccc1)C1CNCC2C(=O)OC(c3ccccc3)(c3ccccc3)N12. The smallest absolute Gasteiger partial charge is 0.327 e. The van der Waals surface area contributed by atoms with Crippen molar-refractivity contribution in [1.82, 2.24) is 10.2 Å². The van der Waals surface area contributed by atoms with Crippen molar-refractivity contribution in [2.75, 3.05) is 13.1 Å². The summed E-state index contributed by atoms with van der Waals surface area (Å²) in [5.74, 6) is -0.158. The van der Waals surface area contributed by atoms with Crippen LogP contribution in [0.15, 0.2) is 91.0 Å². The summed E-state index contributed by atoms with van der Waals surface area (Å²) >= 11 is 0. The molecule has 0 bridgehead atoms. The van der Waals surface area contributed by atoms with E-state index in [1.54, 1.807) is 0 Å². The number of esters is 1. The van der Waals surface area contributed by atoms with E-state index >= 15 is 0 Å². The predicted molar refractivity (Wildman–Crippen MR) is 126 cm³/mol. The molecule has 5 heteroatoms. The number of nitrogens with zero attached hydrogens (tertiary/aromatic N) is 1. The largest absolute Gasteiger partial charge is 0.434 e. The van der Waals surface area contributed by atoms with Crippen LogP contribution in [0, 0.1) is 0 Å². The zero-order valence-electron chi connectivity index (χ0n) is 18.5. The third-order valence-corrected chi connectivity index (χ3v) is 6.66. The van der Waals surface area contributed by atoms with Gasteiger partial charge in [0.2, 0.25) is 5.72 Å². The van der Waals surface area contributed by atoms with Gasteiger partial charge in [0, 0.05) is 30.6 Å². The second-order valence-electron chi connectivity index (χ2n) is 8.70. The van der Waals surface area contributed by atoms with E-state index < -0.39 is 17.8 Å². The van der Waals surface area contributed by atoms with Crippen molar-refractivity contribution in [1.29, 1.82) is 0 Å². The normalized spacial score (nSPS) is 21.9. The summed E-state index contributed by atoms with van der Waals surface area (Å²) in [7, 11) is 0. The number of rotatable bonds is 7. The van der Waals surface area contributed by atoms with Gasteiger partial charge in [-0.3, -0.25) is 9.59 Å². The van der Waals surface area contributed by atoms with E-state index in [1.807, 2.05) is 83.8 Å². The highest BCUT2D eigenvalue weighted by molar-refractivity contribution is 5.88. The number of nitrogens with one attached hydrogen (secondary N) is 1. The van der Waals surface area contributed by atoms with Crippen LogP contribution in [-0.2, 0) is 26.5 Å². The zero-order chi connectivity index (χ0) is 22.7. The number of cyclic esters (lactones) is 1. The van der Waals surface area contributed by atoms with Gasteiger partial charge in [0.25, 0.3) is 0 Å². The molecular formula is C28H28N2O3. The number of hydrogen-bond donors (Lipinski definition) is 1. The number of piperazine rings is 1. The molecule has 33 heavy (non-hydrogen) atoms. The number of carbonyl (C=O) groups is 2. The van der Waals surface area contributed by atoms with Gasteiger partial charge in [-0.15, -0.1) is 0 Å². The first-order valence-corrected chi connectivity index (χ1v) is 11.6. The second kappa shape index (κ2) is 9.30. The molecule has 1 N–H and O–H groups in total. The highest BCUT2D eigenvalue weighted by Gasteiger charge is 2.60. The minimum atomic E-state index is -1.12. The number of ketones is 1. The summed E-state index contributed by atoms with van der Waals surface area (Å²) in [5, 5.41) is 3.30. The van der Waals surface area contributed by atoms with E-state index in [0.29, 0.717) is 19.5 Å². The van der Waals surface area contributed by atoms with Gasteiger partial charge in [-0.25, -0.2) is 4.90 Å². The monoisotopic (exact) mass is 440 g/mol. The molecule has 2 heterocycles. The van der Waals surface area contributed by atoms with Crippen molar-refractivity contribution < 1.29 is 14.3 Å². The van der Waals surface area contributed by atoms with Crippen molar-refractivity contribution in [3.05, 3.63) is 108 Å². The lowest BCUT2D eigenvalue weighted by atomic mass is 9.88. The Morgan fingerprint density at radius 1 is 0.879 bits per heavy atom. The van der Waals surface area contributed by atoms with Gasteiger partial charge in [0.1, 0.15) is 6.04 Å². The number of aryl methyl sites for hydroxylation is 1. The van der Waals surface area contributed by atoms with Crippen LogP contribution in [0.5, 0.6) is 0 Å². The molecule has 2 unspecified atom stereocenters. The maximum absolute atomic E-state index is 13.5. The molecular weight excluding hydrogens is 412 g/mol. The van der Waals surface area contributed by atoms with E-state index in [-0.39, 0.29) is 11.8 Å². The lowest BCUT2D eigenvalue weighted by molar-refractivity contribution is -0.153. The molecule has 5 rings (SSSR count). The lowest BCUT2D eigenvalue weighted by Crippen LogP contribution is -2.64. The number of hydrogen-bond acceptors (Lipinski definition) is 5. The summed E-state index contributed by atoms with van der Waals surface area (Å²) in [5.41, 5.74) is 1.83. The topological polar surface area (TPSA) is 58.6 Å². The van der Waals surface area contributed by atoms with Crippen LogP contribution in [0.1, 0.15) is 29.5 Å². The minimum absolute atomic E-state index is 0.137. The fourth-order valence-corrected chi connectivity index (χ4v) is 5.13. The third kappa shape index (κ3) is 3.99. The standard InChI is InChI=1S/C28H28N2O3/c31-26(18-10-13-21-11-4-1-5-12-21)24-19-29-20-25-27(32)33-28(30(24)25,22-14-6-2-7-15-22)23-16-8-3-9-17-23/h1-9,11-12,14-17,24-25,29H,10,13,18-20H2. The van der Waals surface area contributed by atoms with Crippen LogP contribution in [0.25, 0.3) is 0 Å². The van der Waals surface area contributed by atoms with Crippen LogP contribution in [-0.4, -0.2) is 41.8 Å². The molecule has 2 aliphatic rings. The Morgan fingerprint density at radius 3 is 2.06 bits per heavy atom. The average Bonchev–Trinajstić information content (AvgIpc) is 3.19. The molecule has 168 valence electrons. The lowest BCUT2D eigenvalue weighted by Gasteiger charge is -2.44. The van der Waals surface area contributed by atoms with Crippen molar-refractivity contribution in [2.24, 2.45) is 0 Å². The summed E-state index contributed by atoms with van der Waals surface area (Å²) < 4.78 is 6.22. The summed E-state index contributed by atoms with van der Waals surface area (Å²) in [6.07, 6.45) is 2.09. The Bertz CT molecular complexity index is 1060. The average molecular weight is 441 g/mol. The van der Waals surface area contributed by atoms with Crippen molar-refractivity contribution in [2.45, 2.75) is 37.1 Å². The molecule has 2 atom stereocenters. The van der Waals surface area contributed by atoms with E-state index in [1.165, 1.54) is 5.56 Å². The predicted octanol–water partition coefficient (Wildman–Crippen LogP) is 3.68. The first-order valence-electron chi connectivity index (χ1n) is 11.6. The summed E-state index contributed by atoms with van der Waals surface area (Å²) in [4.78, 5) is 28.7. The highest BCUT2D eigenvalue weighted by Crippen LogP contribution is 2.46. The highest BCUT2D eigenvalue weighted by atomic mass is 16.6. The first kappa shape index (κ1) is 21.6. The minimum Gasteiger partial charge on any atom is -0.434 e. The molecule has 2 aliphatic heterocycles. The van der Waals surface area contributed by atoms with E-state index in [0.717, 1.165) is 24.0 Å². The number of ether oxygens (including phenoxy) is 1. The van der Waals surface area contributed by atoms with Crippen LogP contribution in [0.2, 0.25) is 0 Å². The van der Waals surface area contributed by atoms with Gasteiger partial charge >= 0.3 is 5.97 Å². The van der Waals surface area contributed by atoms with Gasteiger partial charge in [0.15, 0.2) is 5.78 Å². The van der Waals surface area contributed by atoms with Gasteiger partial charge in [-0.1, -0.05) is 91.0 Å². The quantitative estimate of drug-likeness (QED) is 0.568. The van der Waals surface area contributed by atoms with E-state index in [2.05, 4.69) is 17.4 Å². The van der Waals surface area contributed by atoms with Crippen molar-refractivity contribution >= 4 is 11.8 Å². The van der Waals surface area contributed by atoms with Crippen LogP contribution < -0.4 is 5.32 Å². The maximum Gasteiger partial charge on any atom is 0.327 e. The number of carbonyl (C=O) groups excluding carboxylic acids is 2. The van der Waals surface area contributed by atoms with E-state index in [9.17, 15) is 9.59 Å². The fraction of sp³-hybridized carbons (Fsp3) is 0.286. The number of benzene rings is 3.